The molecule has 0 radical (unpaired) electrons. The lowest BCUT2D eigenvalue weighted by molar-refractivity contribution is 0.0933. The van der Waals surface area contributed by atoms with Crippen LogP contribution in [0.15, 0.2) is 0 Å². The molecule has 1 rings (SSSR count). The lowest BCUT2D eigenvalue weighted by Crippen LogP contribution is -2.50. The van der Waals surface area contributed by atoms with Crippen molar-refractivity contribution >= 4 is 0 Å². The highest BCUT2D eigenvalue weighted by molar-refractivity contribution is 4.85. The van der Waals surface area contributed by atoms with Crippen molar-refractivity contribution in [1.29, 1.82) is 0 Å². The topological polar surface area (TPSA) is 29.3 Å². The van der Waals surface area contributed by atoms with Crippen LogP contribution < -0.4 is 5.73 Å². The summed E-state index contributed by atoms with van der Waals surface area (Å²) in [4.78, 5) is 2.71. The Morgan fingerprint density at radius 3 is 2.06 bits per heavy atom. The maximum atomic E-state index is 5.98. The third kappa shape index (κ3) is 3.74. The summed E-state index contributed by atoms with van der Waals surface area (Å²) in [6.07, 6.45) is 5.59. The first-order valence-electron chi connectivity index (χ1n) is 7.02. The van der Waals surface area contributed by atoms with Gasteiger partial charge in [-0.1, -0.05) is 40.5 Å². The van der Waals surface area contributed by atoms with Crippen molar-refractivity contribution in [2.24, 2.45) is 17.6 Å². The second-order valence-electron chi connectivity index (χ2n) is 6.08. The molecule has 1 saturated carbocycles. The Morgan fingerprint density at radius 1 is 1.12 bits per heavy atom. The van der Waals surface area contributed by atoms with E-state index >= 15 is 0 Å². The molecule has 0 spiro atoms. The zero-order valence-corrected chi connectivity index (χ0v) is 11.6. The molecule has 1 aliphatic rings. The minimum absolute atomic E-state index is 0.575. The summed E-state index contributed by atoms with van der Waals surface area (Å²) >= 11 is 0. The van der Waals surface area contributed by atoms with Crippen molar-refractivity contribution in [2.75, 3.05) is 13.1 Å². The van der Waals surface area contributed by atoms with Crippen LogP contribution in [0.1, 0.15) is 53.4 Å². The smallest absolute Gasteiger partial charge is 0.0244 e. The fraction of sp³-hybridized carbons (Fsp3) is 1.00. The molecule has 2 heteroatoms. The minimum atomic E-state index is 0.575. The van der Waals surface area contributed by atoms with Crippen molar-refractivity contribution in [2.45, 2.75) is 65.5 Å². The predicted octanol–water partition coefficient (Wildman–Crippen LogP) is 2.87. The Bertz CT molecular complexity index is 183. The second kappa shape index (κ2) is 6.61. The Hall–Kier alpha value is -0.0800. The van der Waals surface area contributed by atoms with Gasteiger partial charge in [-0.15, -0.1) is 0 Å². The number of nitrogens with zero attached hydrogens (tertiary/aromatic N) is 1. The van der Waals surface area contributed by atoms with Crippen LogP contribution in [0.3, 0.4) is 0 Å². The summed E-state index contributed by atoms with van der Waals surface area (Å²) in [6, 6.07) is 1.38. The largest absolute Gasteiger partial charge is 0.329 e. The van der Waals surface area contributed by atoms with Crippen molar-refractivity contribution < 1.29 is 0 Å². The van der Waals surface area contributed by atoms with E-state index in [1.807, 2.05) is 0 Å². The average molecular weight is 226 g/mol. The molecule has 16 heavy (non-hydrogen) atoms. The van der Waals surface area contributed by atoms with Crippen LogP contribution in [-0.4, -0.2) is 30.1 Å². The number of hydrogen-bond acceptors (Lipinski definition) is 2. The van der Waals surface area contributed by atoms with Gasteiger partial charge in [0.15, 0.2) is 0 Å². The third-order valence-electron chi connectivity index (χ3n) is 3.81. The molecule has 2 N–H and O–H groups in total. The summed E-state index contributed by atoms with van der Waals surface area (Å²) < 4.78 is 0. The third-order valence-corrected chi connectivity index (χ3v) is 3.81. The number of rotatable bonds is 6. The van der Waals surface area contributed by atoms with Gasteiger partial charge in [0, 0.05) is 25.2 Å². The molecule has 0 aromatic carbocycles. The molecular weight excluding hydrogens is 196 g/mol. The highest BCUT2D eigenvalue weighted by Crippen LogP contribution is 2.27. The Balaban J connectivity index is 2.67. The van der Waals surface area contributed by atoms with Crippen LogP contribution >= 0.6 is 0 Å². The summed E-state index contributed by atoms with van der Waals surface area (Å²) in [5.41, 5.74) is 5.98. The van der Waals surface area contributed by atoms with E-state index in [0.29, 0.717) is 12.0 Å². The molecule has 0 aliphatic heterocycles. The van der Waals surface area contributed by atoms with Crippen molar-refractivity contribution in [3.05, 3.63) is 0 Å². The van der Waals surface area contributed by atoms with E-state index in [1.54, 1.807) is 0 Å². The summed E-state index contributed by atoms with van der Waals surface area (Å²) in [7, 11) is 0. The zero-order valence-electron chi connectivity index (χ0n) is 11.6. The van der Waals surface area contributed by atoms with E-state index in [-0.39, 0.29) is 0 Å². The van der Waals surface area contributed by atoms with Gasteiger partial charge in [-0.2, -0.15) is 0 Å². The summed E-state index contributed by atoms with van der Waals surface area (Å²) in [6.45, 7) is 11.3. The standard InChI is InChI=1S/C14H30N2/c1-11(2)10-16(13-7-5-6-8-13)14(9-15)12(3)4/h11-14H,5-10,15H2,1-4H3. The zero-order chi connectivity index (χ0) is 12.1. The first-order chi connectivity index (χ1) is 7.56. The van der Waals surface area contributed by atoms with E-state index in [2.05, 4.69) is 32.6 Å². The maximum absolute atomic E-state index is 5.98. The van der Waals surface area contributed by atoms with E-state index in [0.717, 1.165) is 18.5 Å². The molecule has 1 unspecified atom stereocenters. The van der Waals surface area contributed by atoms with Crippen LogP contribution in [0.4, 0.5) is 0 Å². The predicted molar refractivity (Wildman–Crippen MR) is 71.5 cm³/mol. The van der Waals surface area contributed by atoms with E-state index in [9.17, 15) is 0 Å². The maximum Gasteiger partial charge on any atom is 0.0244 e. The van der Waals surface area contributed by atoms with Crippen LogP contribution in [0.5, 0.6) is 0 Å². The first kappa shape index (κ1) is 14.0. The van der Waals surface area contributed by atoms with Gasteiger partial charge in [0.05, 0.1) is 0 Å². The first-order valence-corrected chi connectivity index (χ1v) is 7.02. The van der Waals surface area contributed by atoms with Crippen LogP contribution in [0.25, 0.3) is 0 Å². The van der Waals surface area contributed by atoms with Gasteiger partial charge in [0.1, 0.15) is 0 Å². The van der Waals surface area contributed by atoms with Crippen molar-refractivity contribution in [3.8, 4) is 0 Å². The van der Waals surface area contributed by atoms with Gasteiger partial charge in [-0.25, -0.2) is 0 Å². The molecule has 0 aromatic heterocycles. The van der Waals surface area contributed by atoms with E-state index in [1.165, 1.54) is 32.2 Å². The minimum Gasteiger partial charge on any atom is -0.329 e. The van der Waals surface area contributed by atoms with Crippen LogP contribution in [-0.2, 0) is 0 Å². The Morgan fingerprint density at radius 2 is 1.69 bits per heavy atom. The van der Waals surface area contributed by atoms with Gasteiger partial charge in [-0.3, -0.25) is 4.90 Å². The van der Waals surface area contributed by atoms with E-state index in [4.69, 9.17) is 5.73 Å². The molecule has 1 atom stereocenters. The summed E-state index contributed by atoms with van der Waals surface area (Å²) in [5.74, 6) is 1.41. The lowest BCUT2D eigenvalue weighted by atomic mass is 9.98. The van der Waals surface area contributed by atoms with Gasteiger partial charge in [0.2, 0.25) is 0 Å². The lowest BCUT2D eigenvalue weighted by Gasteiger charge is -2.39. The fourth-order valence-electron chi connectivity index (χ4n) is 3.00. The van der Waals surface area contributed by atoms with E-state index < -0.39 is 0 Å². The Kier molecular flexibility index (Phi) is 5.77. The molecule has 0 amide bonds. The highest BCUT2D eigenvalue weighted by Gasteiger charge is 2.29. The molecule has 0 aromatic rings. The molecule has 2 nitrogen and oxygen atoms in total. The van der Waals surface area contributed by atoms with Crippen LogP contribution in [0, 0.1) is 11.8 Å². The quantitative estimate of drug-likeness (QED) is 0.754. The normalized spacial score (nSPS) is 20.2. The number of nitrogens with two attached hydrogens (primary N) is 1. The fourth-order valence-corrected chi connectivity index (χ4v) is 3.00. The van der Waals surface area contributed by atoms with Crippen LogP contribution in [0.2, 0.25) is 0 Å². The molecule has 1 fully saturated rings. The molecule has 1 aliphatic carbocycles. The van der Waals surface area contributed by atoms with Gasteiger partial charge in [-0.05, 0) is 24.7 Å². The average Bonchev–Trinajstić information content (AvgIpc) is 2.68. The van der Waals surface area contributed by atoms with Gasteiger partial charge in [0.25, 0.3) is 0 Å². The van der Waals surface area contributed by atoms with Crippen molar-refractivity contribution in [1.82, 2.24) is 4.90 Å². The highest BCUT2D eigenvalue weighted by atomic mass is 15.2. The number of hydrogen-bond donors (Lipinski definition) is 1. The molecular formula is C14H30N2. The SMILES string of the molecule is CC(C)CN(C1CCCC1)C(CN)C(C)C. The molecule has 0 heterocycles. The van der Waals surface area contributed by atoms with Crippen molar-refractivity contribution in [3.63, 3.8) is 0 Å². The monoisotopic (exact) mass is 226 g/mol. The second-order valence-corrected chi connectivity index (χ2v) is 6.08. The van der Waals surface area contributed by atoms with Gasteiger partial charge >= 0.3 is 0 Å². The van der Waals surface area contributed by atoms with Gasteiger partial charge < -0.3 is 5.73 Å². The molecule has 0 bridgehead atoms. The summed E-state index contributed by atoms with van der Waals surface area (Å²) in [5, 5.41) is 0. The molecule has 0 saturated heterocycles. The Labute approximate surface area is 102 Å². The molecule has 96 valence electrons.